The number of allylic oxidation sites excluding steroid dienone is 1. The number of nitrogens with zero attached hydrogens (tertiary/aromatic N) is 2. The molecule has 2 rings (SSSR count). The Labute approximate surface area is 121 Å². The van der Waals surface area contributed by atoms with Crippen LogP contribution in [0.1, 0.15) is 31.1 Å². The number of carbonyl (C=O) groups is 1. The normalized spacial score (nSPS) is 17.4. The maximum atomic E-state index is 11.3. The molecule has 0 spiro atoms. The molecule has 1 saturated heterocycles. The summed E-state index contributed by atoms with van der Waals surface area (Å²) in [7, 11) is 0. The first-order valence-electron chi connectivity index (χ1n) is 7.30. The second kappa shape index (κ2) is 6.71. The fraction of sp³-hybridized carbons (Fsp3) is 0.471. The molecule has 0 bridgehead atoms. The van der Waals surface area contributed by atoms with Gasteiger partial charge < -0.3 is 4.90 Å². The minimum absolute atomic E-state index is 0.128. The van der Waals surface area contributed by atoms with Gasteiger partial charge in [0.2, 0.25) is 0 Å². The predicted octanol–water partition coefficient (Wildman–Crippen LogP) is 2.98. The van der Waals surface area contributed by atoms with Crippen molar-refractivity contribution in [1.82, 2.24) is 4.90 Å². The van der Waals surface area contributed by atoms with E-state index in [2.05, 4.69) is 41.9 Å². The van der Waals surface area contributed by atoms with Crippen molar-refractivity contribution < 1.29 is 4.79 Å². The minimum Gasteiger partial charge on any atom is -0.369 e. The number of benzene rings is 1. The molecule has 0 saturated carbocycles. The summed E-state index contributed by atoms with van der Waals surface area (Å²) in [5.74, 6) is 0.128. The molecule has 3 heteroatoms. The Kier molecular flexibility index (Phi) is 4.96. The lowest BCUT2D eigenvalue weighted by Crippen LogP contribution is -2.46. The highest BCUT2D eigenvalue weighted by molar-refractivity contribution is 5.94. The quantitative estimate of drug-likeness (QED) is 0.622. The molecule has 0 atom stereocenters. The van der Waals surface area contributed by atoms with Crippen LogP contribution in [0.5, 0.6) is 0 Å². The highest BCUT2D eigenvalue weighted by atomic mass is 16.1. The standard InChI is InChI=1S/C17H24N2O/c1-4-14(2)13-18-9-11-19(12-10-18)17-7-5-16(6-8-17)15(3)20/h4-8H,9-13H2,1-3H3/b14-4-. The van der Waals surface area contributed by atoms with Gasteiger partial charge in [-0.3, -0.25) is 9.69 Å². The van der Waals surface area contributed by atoms with Gasteiger partial charge in [0.05, 0.1) is 0 Å². The molecule has 0 amide bonds. The van der Waals surface area contributed by atoms with Gasteiger partial charge in [-0.05, 0) is 45.0 Å². The van der Waals surface area contributed by atoms with E-state index in [4.69, 9.17) is 0 Å². The summed E-state index contributed by atoms with van der Waals surface area (Å²) in [5, 5.41) is 0. The number of anilines is 1. The van der Waals surface area contributed by atoms with Crippen molar-refractivity contribution in [3.63, 3.8) is 0 Å². The molecule has 3 nitrogen and oxygen atoms in total. The topological polar surface area (TPSA) is 23.6 Å². The van der Waals surface area contributed by atoms with Crippen LogP contribution in [0.4, 0.5) is 5.69 Å². The zero-order valence-electron chi connectivity index (χ0n) is 12.7. The van der Waals surface area contributed by atoms with E-state index in [-0.39, 0.29) is 5.78 Å². The zero-order chi connectivity index (χ0) is 14.5. The Morgan fingerprint density at radius 3 is 2.20 bits per heavy atom. The molecule has 0 N–H and O–H groups in total. The second-order valence-corrected chi connectivity index (χ2v) is 5.50. The lowest BCUT2D eigenvalue weighted by Gasteiger charge is -2.36. The van der Waals surface area contributed by atoms with E-state index in [0.29, 0.717) is 0 Å². The Balaban J connectivity index is 1.92. The number of hydrogen-bond acceptors (Lipinski definition) is 3. The molecule has 0 aromatic heterocycles. The third kappa shape index (κ3) is 3.70. The van der Waals surface area contributed by atoms with Crippen molar-refractivity contribution in [2.45, 2.75) is 20.8 Å². The highest BCUT2D eigenvalue weighted by Crippen LogP contribution is 2.18. The highest BCUT2D eigenvalue weighted by Gasteiger charge is 2.17. The van der Waals surface area contributed by atoms with Crippen LogP contribution in [0.15, 0.2) is 35.9 Å². The maximum Gasteiger partial charge on any atom is 0.159 e. The molecule has 0 unspecified atom stereocenters. The average molecular weight is 272 g/mol. The third-order valence-corrected chi connectivity index (χ3v) is 3.98. The molecule has 1 aliphatic heterocycles. The lowest BCUT2D eigenvalue weighted by atomic mass is 10.1. The van der Waals surface area contributed by atoms with Crippen LogP contribution < -0.4 is 4.90 Å². The Morgan fingerprint density at radius 2 is 1.70 bits per heavy atom. The number of Topliss-reactive ketones (excluding diaryl/α,β-unsaturated/α-hetero) is 1. The number of rotatable bonds is 4. The molecule has 1 heterocycles. The number of piperazine rings is 1. The minimum atomic E-state index is 0.128. The first-order chi connectivity index (χ1) is 9.60. The van der Waals surface area contributed by atoms with E-state index in [1.165, 1.54) is 11.3 Å². The molecule has 0 radical (unpaired) electrons. The van der Waals surface area contributed by atoms with Gasteiger partial charge >= 0.3 is 0 Å². The van der Waals surface area contributed by atoms with Crippen LogP contribution in [0.2, 0.25) is 0 Å². The van der Waals surface area contributed by atoms with Crippen molar-refractivity contribution in [2.24, 2.45) is 0 Å². The third-order valence-electron chi connectivity index (χ3n) is 3.98. The Bertz CT molecular complexity index is 482. The van der Waals surface area contributed by atoms with E-state index in [1.54, 1.807) is 6.92 Å². The summed E-state index contributed by atoms with van der Waals surface area (Å²) in [4.78, 5) is 16.2. The van der Waals surface area contributed by atoms with Crippen molar-refractivity contribution in [2.75, 3.05) is 37.6 Å². The van der Waals surface area contributed by atoms with E-state index in [0.717, 1.165) is 38.3 Å². The maximum absolute atomic E-state index is 11.3. The van der Waals surface area contributed by atoms with Gasteiger partial charge in [-0.2, -0.15) is 0 Å². The van der Waals surface area contributed by atoms with Gasteiger partial charge in [0.1, 0.15) is 0 Å². The van der Waals surface area contributed by atoms with E-state index >= 15 is 0 Å². The fourth-order valence-corrected chi connectivity index (χ4v) is 2.52. The summed E-state index contributed by atoms with van der Waals surface area (Å²) in [6.45, 7) is 11.3. The van der Waals surface area contributed by atoms with Gasteiger partial charge in [0.25, 0.3) is 0 Å². The van der Waals surface area contributed by atoms with Crippen LogP contribution in [0.3, 0.4) is 0 Å². The van der Waals surface area contributed by atoms with Gasteiger partial charge in [-0.25, -0.2) is 0 Å². The van der Waals surface area contributed by atoms with Crippen molar-refractivity contribution in [3.8, 4) is 0 Å². The molecular formula is C17H24N2O. The second-order valence-electron chi connectivity index (χ2n) is 5.50. The van der Waals surface area contributed by atoms with Gasteiger partial charge in [0, 0.05) is 44.0 Å². The van der Waals surface area contributed by atoms with Crippen molar-refractivity contribution >= 4 is 11.5 Å². The number of hydrogen-bond donors (Lipinski definition) is 0. The zero-order valence-corrected chi connectivity index (χ0v) is 12.7. The summed E-state index contributed by atoms with van der Waals surface area (Å²) in [6.07, 6.45) is 2.19. The molecule has 1 aromatic rings. The average Bonchev–Trinajstić information content (AvgIpc) is 2.48. The van der Waals surface area contributed by atoms with Gasteiger partial charge in [0.15, 0.2) is 5.78 Å². The van der Waals surface area contributed by atoms with Crippen molar-refractivity contribution in [3.05, 3.63) is 41.5 Å². The fourth-order valence-electron chi connectivity index (χ4n) is 2.52. The van der Waals surface area contributed by atoms with Crippen LogP contribution in [0.25, 0.3) is 0 Å². The Hall–Kier alpha value is -1.61. The van der Waals surface area contributed by atoms with Crippen LogP contribution in [-0.2, 0) is 0 Å². The molecule has 1 aromatic carbocycles. The molecule has 1 fully saturated rings. The summed E-state index contributed by atoms with van der Waals surface area (Å²) >= 11 is 0. The molecule has 1 aliphatic rings. The van der Waals surface area contributed by atoms with Gasteiger partial charge in [-0.15, -0.1) is 0 Å². The number of carbonyl (C=O) groups excluding carboxylic acids is 1. The Morgan fingerprint density at radius 1 is 1.10 bits per heavy atom. The van der Waals surface area contributed by atoms with E-state index in [9.17, 15) is 4.79 Å². The predicted molar refractivity (Wildman–Crippen MR) is 84.5 cm³/mol. The summed E-state index contributed by atoms with van der Waals surface area (Å²) in [5.41, 5.74) is 3.44. The monoisotopic (exact) mass is 272 g/mol. The largest absolute Gasteiger partial charge is 0.369 e. The molecular weight excluding hydrogens is 248 g/mol. The first kappa shape index (κ1) is 14.8. The first-order valence-corrected chi connectivity index (χ1v) is 7.30. The molecule has 108 valence electrons. The van der Waals surface area contributed by atoms with E-state index in [1.807, 2.05) is 12.1 Å². The molecule has 20 heavy (non-hydrogen) atoms. The van der Waals surface area contributed by atoms with Crippen LogP contribution >= 0.6 is 0 Å². The van der Waals surface area contributed by atoms with Crippen LogP contribution in [0, 0.1) is 0 Å². The smallest absolute Gasteiger partial charge is 0.159 e. The summed E-state index contributed by atoms with van der Waals surface area (Å²) < 4.78 is 0. The van der Waals surface area contributed by atoms with Crippen LogP contribution in [-0.4, -0.2) is 43.4 Å². The molecule has 0 aliphatic carbocycles. The lowest BCUT2D eigenvalue weighted by molar-refractivity contribution is 0.101. The summed E-state index contributed by atoms with van der Waals surface area (Å²) in [6, 6.07) is 7.97. The SMILES string of the molecule is C/C=C(/C)CN1CCN(c2ccc(C(C)=O)cc2)CC1. The number of ketones is 1. The van der Waals surface area contributed by atoms with Crippen molar-refractivity contribution in [1.29, 1.82) is 0 Å². The van der Waals surface area contributed by atoms with Gasteiger partial charge in [-0.1, -0.05) is 11.6 Å². The van der Waals surface area contributed by atoms with E-state index < -0.39 is 0 Å².